The number of nitriles is 1. The summed E-state index contributed by atoms with van der Waals surface area (Å²) in [5.74, 6) is 0.955. The summed E-state index contributed by atoms with van der Waals surface area (Å²) < 4.78 is 6.36. The largest absolute Gasteiger partial charge is 0.481 e. The summed E-state index contributed by atoms with van der Waals surface area (Å²) in [6.45, 7) is 3.07. The Balaban J connectivity index is 0.000000636. The normalized spacial score (nSPS) is 17.1. The average Bonchev–Trinajstić information content (AvgIpc) is 3.28. The Labute approximate surface area is 199 Å². The lowest BCUT2D eigenvalue weighted by Gasteiger charge is -2.35. The van der Waals surface area contributed by atoms with Crippen molar-refractivity contribution < 1.29 is 14.6 Å². The third kappa shape index (κ3) is 6.12. The van der Waals surface area contributed by atoms with E-state index in [0.717, 1.165) is 61.1 Å². The number of carbonyl (C=O) groups is 1. The minimum Gasteiger partial charge on any atom is -0.481 e. The first-order chi connectivity index (χ1) is 16.5. The second-order valence-electron chi connectivity index (χ2n) is 8.94. The van der Waals surface area contributed by atoms with Gasteiger partial charge in [0.15, 0.2) is 0 Å². The van der Waals surface area contributed by atoms with Crippen LogP contribution in [0.1, 0.15) is 57.4 Å². The third-order valence-electron chi connectivity index (χ3n) is 6.34. The van der Waals surface area contributed by atoms with Gasteiger partial charge in [0, 0.05) is 31.8 Å². The Kier molecular flexibility index (Phi) is 7.76. The predicted octanol–water partition coefficient (Wildman–Crippen LogP) is 4.91. The first-order valence-electron chi connectivity index (χ1n) is 12.0. The summed E-state index contributed by atoms with van der Waals surface area (Å²) in [4.78, 5) is 24.0. The van der Waals surface area contributed by atoms with Gasteiger partial charge in [-0.15, -0.1) is 0 Å². The smallest absolute Gasteiger partial charge is 0.300 e. The molecular weight excluding hydrogens is 430 g/mol. The summed E-state index contributed by atoms with van der Waals surface area (Å²) in [6, 6.07) is 11.8. The van der Waals surface area contributed by atoms with Crippen LogP contribution in [0.2, 0.25) is 0 Å². The molecule has 0 amide bonds. The van der Waals surface area contributed by atoms with Crippen LogP contribution in [0, 0.1) is 11.3 Å². The average molecular weight is 462 g/mol. The number of hydrogen-bond donors (Lipinski definition) is 2. The fourth-order valence-electron chi connectivity index (χ4n) is 4.62. The molecule has 1 aromatic carbocycles. The molecule has 2 aliphatic rings. The zero-order valence-electron chi connectivity index (χ0n) is 19.5. The van der Waals surface area contributed by atoms with Crippen molar-refractivity contribution in [3.05, 3.63) is 42.1 Å². The second kappa shape index (κ2) is 11.1. The Hall–Kier alpha value is -3.44. The van der Waals surface area contributed by atoms with E-state index in [0.29, 0.717) is 17.8 Å². The molecule has 1 saturated heterocycles. The van der Waals surface area contributed by atoms with Crippen LogP contribution >= 0.6 is 0 Å². The highest BCUT2D eigenvalue weighted by molar-refractivity contribution is 5.80. The lowest BCUT2D eigenvalue weighted by atomic mass is 9.97. The molecule has 2 fully saturated rings. The number of carboxylic acid groups (broad SMARTS) is 1. The van der Waals surface area contributed by atoms with Gasteiger partial charge in [0.2, 0.25) is 0 Å². The number of pyridine rings is 1. The van der Waals surface area contributed by atoms with Gasteiger partial charge in [0.25, 0.3) is 5.97 Å². The van der Waals surface area contributed by atoms with Crippen LogP contribution in [-0.4, -0.2) is 51.3 Å². The van der Waals surface area contributed by atoms with Crippen molar-refractivity contribution in [2.24, 2.45) is 0 Å². The van der Waals surface area contributed by atoms with E-state index in [1.54, 1.807) is 6.07 Å². The lowest BCUT2D eigenvalue weighted by molar-refractivity contribution is -0.134. The molecule has 34 heavy (non-hydrogen) atoms. The van der Waals surface area contributed by atoms with Crippen molar-refractivity contribution in [3.63, 3.8) is 0 Å². The first-order valence-corrected chi connectivity index (χ1v) is 12.0. The summed E-state index contributed by atoms with van der Waals surface area (Å²) >= 11 is 0. The van der Waals surface area contributed by atoms with E-state index in [1.807, 2.05) is 18.3 Å². The summed E-state index contributed by atoms with van der Waals surface area (Å²) in [7, 11) is 0. The van der Waals surface area contributed by atoms with Crippen LogP contribution in [0.3, 0.4) is 0 Å². The number of aromatic amines is 1. The minimum atomic E-state index is -0.833. The van der Waals surface area contributed by atoms with Gasteiger partial charge in [0.05, 0.1) is 34.9 Å². The summed E-state index contributed by atoms with van der Waals surface area (Å²) in [6.07, 6.45) is 11.4. The Morgan fingerprint density at radius 2 is 1.82 bits per heavy atom. The van der Waals surface area contributed by atoms with Crippen LogP contribution in [-0.2, 0) is 9.53 Å². The Morgan fingerprint density at radius 3 is 2.47 bits per heavy atom. The molecule has 0 spiro atoms. The summed E-state index contributed by atoms with van der Waals surface area (Å²) in [5, 5.41) is 16.5. The van der Waals surface area contributed by atoms with E-state index in [9.17, 15) is 0 Å². The quantitative estimate of drug-likeness (QED) is 0.567. The van der Waals surface area contributed by atoms with Gasteiger partial charge in [0.1, 0.15) is 11.6 Å². The number of ether oxygens (including phenoxy) is 1. The first kappa shape index (κ1) is 23.7. The molecule has 0 radical (unpaired) electrons. The molecule has 0 bridgehead atoms. The molecule has 1 aliphatic carbocycles. The summed E-state index contributed by atoms with van der Waals surface area (Å²) in [5.41, 5.74) is 3.30. The predicted molar refractivity (Wildman–Crippen MR) is 131 cm³/mol. The number of hydrogen-bond acceptors (Lipinski definition) is 6. The number of rotatable bonds is 4. The van der Waals surface area contributed by atoms with E-state index in [-0.39, 0.29) is 0 Å². The zero-order valence-corrected chi connectivity index (χ0v) is 19.5. The zero-order chi connectivity index (χ0) is 23.9. The monoisotopic (exact) mass is 461 g/mol. The van der Waals surface area contributed by atoms with Crippen LogP contribution < -0.4 is 4.90 Å². The fourth-order valence-corrected chi connectivity index (χ4v) is 4.62. The molecule has 1 saturated carbocycles. The number of imidazole rings is 1. The molecule has 8 nitrogen and oxygen atoms in total. The van der Waals surface area contributed by atoms with Crippen molar-refractivity contribution in [3.8, 4) is 17.5 Å². The van der Waals surface area contributed by atoms with Gasteiger partial charge in [-0.3, -0.25) is 4.79 Å². The fraction of sp³-hybridized carbons (Fsp3) is 0.462. The van der Waals surface area contributed by atoms with Crippen molar-refractivity contribution >= 4 is 22.8 Å². The van der Waals surface area contributed by atoms with Crippen molar-refractivity contribution in [1.29, 1.82) is 5.26 Å². The van der Waals surface area contributed by atoms with Gasteiger partial charge in [-0.25, -0.2) is 9.97 Å². The van der Waals surface area contributed by atoms with Gasteiger partial charge < -0.3 is 19.7 Å². The number of nitrogens with one attached hydrogen (secondary N) is 1. The molecule has 2 aromatic heterocycles. The maximum absolute atomic E-state index is 9.07. The van der Waals surface area contributed by atoms with E-state index >= 15 is 0 Å². The molecule has 8 heteroatoms. The molecule has 2 N–H and O–H groups in total. The number of fused-ring (bicyclic) bond motifs is 1. The topological polar surface area (TPSA) is 115 Å². The number of aromatic nitrogens is 3. The van der Waals surface area contributed by atoms with Gasteiger partial charge >= 0.3 is 0 Å². The molecular formula is C26H31N5O3. The van der Waals surface area contributed by atoms with Gasteiger partial charge in [-0.2, -0.15) is 5.26 Å². The van der Waals surface area contributed by atoms with Gasteiger partial charge in [-0.1, -0.05) is 19.3 Å². The standard InChI is InChI=1S/C24H27N5O.C2H4O2/c25-15-17-6-8-21-22(14-17)28-24(27-21)18-7-9-23(26-16-18)29-12-10-20(11-13-29)30-19-4-2-1-3-5-19;1-2(3)4/h6-9,14,16,19-20H,1-5,10-13H2,(H,27,28);1H3,(H,3,4). The third-order valence-corrected chi connectivity index (χ3v) is 6.34. The highest BCUT2D eigenvalue weighted by atomic mass is 16.5. The SMILES string of the molecule is CC(=O)O.N#Cc1ccc2nc(-c3ccc(N4CCC(OC5CCCCC5)CC4)nc3)[nH]c2c1. The van der Waals surface area contributed by atoms with Gasteiger partial charge in [-0.05, 0) is 56.0 Å². The van der Waals surface area contributed by atoms with Crippen LogP contribution in [0.4, 0.5) is 5.82 Å². The molecule has 3 aromatic rings. The lowest BCUT2D eigenvalue weighted by Crippen LogP contribution is -2.39. The number of nitrogens with zero attached hydrogens (tertiary/aromatic N) is 4. The molecule has 0 unspecified atom stereocenters. The Bertz CT molecular complexity index is 1130. The highest BCUT2D eigenvalue weighted by Gasteiger charge is 2.24. The van der Waals surface area contributed by atoms with Crippen LogP contribution in [0.15, 0.2) is 36.5 Å². The van der Waals surface area contributed by atoms with E-state index < -0.39 is 5.97 Å². The molecule has 178 valence electrons. The molecule has 5 rings (SSSR count). The second-order valence-corrected chi connectivity index (χ2v) is 8.94. The number of anilines is 1. The number of H-pyrrole nitrogens is 1. The maximum atomic E-state index is 9.07. The van der Waals surface area contributed by atoms with Crippen molar-refractivity contribution in [1.82, 2.24) is 15.0 Å². The minimum absolute atomic E-state index is 0.400. The van der Waals surface area contributed by atoms with E-state index in [2.05, 4.69) is 33.1 Å². The van der Waals surface area contributed by atoms with Crippen LogP contribution in [0.5, 0.6) is 0 Å². The molecule has 0 atom stereocenters. The number of carboxylic acids is 1. The molecule has 3 heterocycles. The number of aliphatic carboxylic acids is 1. The maximum Gasteiger partial charge on any atom is 0.300 e. The van der Waals surface area contributed by atoms with E-state index in [1.165, 1.54) is 32.1 Å². The molecule has 1 aliphatic heterocycles. The Morgan fingerprint density at radius 1 is 1.12 bits per heavy atom. The van der Waals surface area contributed by atoms with E-state index in [4.69, 9.17) is 24.9 Å². The highest BCUT2D eigenvalue weighted by Crippen LogP contribution is 2.27. The number of piperidine rings is 1. The van der Waals surface area contributed by atoms with Crippen LogP contribution in [0.25, 0.3) is 22.4 Å². The number of benzene rings is 1. The van der Waals surface area contributed by atoms with Crippen molar-refractivity contribution in [2.45, 2.75) is 64.1 Å². The van der Waals surface area contributed by atoms with Crippen molar-refractivity contribution in [2.75, 3.05) is 18.0 Å².